The zero-order chi connectivity index (χ0) is 15.0. The predicted octanol–water partition coefficient (Wildman–Crippen LogP) is 4.48. The maximum Gasteiger partial charge on any atom is 0.0698 e. The molecule has 0 spiro atoms. The number of piperidine rings is 1. The molecular formula is C18H35NO. The summed E-state index contributed by atoms with van der Waals surface area (Å²) in [5.74, 6) is 0. The van der Waals surface area contributed by atoms with Crippen LogP contribution in [0.1, 0.15) is 73.6 Å². The van der Waals surface area contributed by atoms with E-state index in [1.54, 1.807) is 0 Å². The van der Waals surface area contributed by atoms with E-state index in [1.807, 2.05) is 0 Å². The van der Waals surface area contributed by atoms with Crippen molar-refractivity contribution in [2.75, 3.05) is 19.6 Å². The summed E-state index contributed by atoms with van der Waals surface area (Å²) >= 11 is 0. The van der Waals surface area contributed by atoms with Gasteiger partial charge in [0.05, 0.1) is 11.7 Å². The fourth-order valence-electron chi connectivity index (χ4n) is 3.80. The van der Waals surface area contributed by atoms with Gasteiger partial charge in [-0.3, -0.25) is 0 Å². The van der Waals surface area contributed by atoms with Crippen molar-refractivity contribution >= 4 is 0 Å². The molecule has 1 heterocycles. The van der Waals surface area contributed by atoms with E-state index in [0.717, 1.165) is 0 Å². The SMILES string of the molecule is CC(C)(C)OC(C(C)(C)C)C1(CN2CCCCC2)CC1. The number of rotatable bonds is 4. The molecule has 0 N–H and O–H groups in total. The lowest BCUT2D eigenvalue weighted by molar-refractivity contribution is -0.142. The Morgan fingerprint density at radius 3 is 1.90 bits per heavy atom. The van der Waals surface area contributed by atoms with Crippen molar-refractivity contribution in [2.45, 2.75) is 85.4 Å². The summed E-state index contributed by atoms with van der Waals surface area (Å²) in [4.78, 5) is 2.70. The van der Waals surface area contributed by atoms with Crippen molar-refractivity contribution in [3.8, 4) is 0 Å². The van der Waals surface area contributed by atoms with Gasteiger partial charge >= 0.3 is 0 Å². The molecule has 0 amide bonds. The number of nitrogens with zero attached hydrogens (tertiary/aromatic N) is 1. The minimum atomic E-state index is -0.0462. The average Bonchev–Trinajstić information content (AvgIpc) is 3.05. The first-order chi connectivity index (χ1) is 9.12. The molecule has 1 atom stereocenters. The summed E-state index contributed by atoms with van der Waals surface area (Å²) in [7, 11) is 0. The van der Waals surface area contributed by atoms with Gasteiger partial charge in [0.2, 0.25) is 0 Å². The second-order valence-electron chi connectivity index (χ2n) is 9.18. The minimum absolute atomic E-state index is 0.0462. The second kappa shape index (κ2) is 5.61. The lowest BCUT2D eigenvalue weighted by Gasteiger charge is -2.43. The first-order valence-electron chi connectivity index (χ1n) is 8.53. The van der Waals surface area contributed by atoms with Gasteiger partial charge in [-0.2, -0.15) is 0 Å². The normalized spacial score (nSPS) is 25.5. The molecule has 2 nitrogen and oxygen atoms in total. The van der Waals surface area contributed by atoms with E-state index in [1.165, 1.54) is 51.7 Å². The molecule has 0 aromatic rings. The van der Waals surface area contributed by atoms with Gasteiger partial charge in [-0.1, -0.05) is 27.2 Å². The van der Waals surface area contributed by atoms with Crippen LogP contribution in [0.4, 0.5) is 0 Å². The predicted molar refractivity (Wildman–Crippen MR) is 86.0 cm³/mol. The molecular weight excluding hydrogens is 246 g/mol. The van der Waals surface area contributed by atoms with E-state index in [4.69, 9.17) is 4.74 Å². The quantitative estimate of drug-likeness (QED) is 0.753. The molecule has 0 radical (unpaired) electrons. The third-order valence-corrected chi connectivity index (χ3v) is 4.69. The summed E-state index contributed by atoms with van der Waals surface area (Å²) in [6.07, 6.45) is 7.26. The molecule has 2 aliphatic rings. The van der Waals surface area contributed by atoms with E-state index < -0.39 is 0 Å². The highest BCUT2D eigenvalue weighted by molar-refractivity contribution is 5.06. The number of hydrogen-bond acceptors (Lipinski definition) is 2. The van der Waals surface area contributed by atoms with Crippen LogP contribution in [0.3, 0.4) is 0 Å². The molecule has 118 valence electrons. The van der Waals surface area contributed by atoms with E-state index >= 15 is 0 Å². The molecule has 1 saturated heterocycles. The molecule has 1 aliphatic carbocycles. The molecule has 0 aromatic carbocycles. The number of ether oxygens (including phenoxy) is 1. The maximum atomic E-state index is 6.54. The van der Waals surface area contributed by atoms with Crippen LogP contribution in [0, 0.1) is 10.8 Å². The fraction of sp³-hybridized carbons (Fsp3) is 1.00. The fourth-order valence-corrected chi connectivity index (χ4v) is 3.80. The largest absolute Gasteiger partial charge is 0.371 e. The van der Waals surface area contributed by atoms with Gasteiger partial charge in [-0.05, 0) is 65.0 Å². The monoisotopic (exact) mass is 281 g/mol. The summed E-state index contributed by atoms with van der Waals surface area (Å²) in [5.41, 5.74) is 0.595. The summed E-state index contributed by atoms with van der Waals surface area (Å²) in [5, 5.41) is 0. The third kappa shape index (κ3) is 4.21. The Morgan fingerprint density at radius 1 is 0.950 bits per heavy atom. The van der Waals surface area contributed by atoms with Crippen LogP contribution in [0.2, 0.25) is 0 Å². The van der Waals surface area contributed by atoms with Gasteiger partial charge in [0.25, 0.3) is 0 Å². The highest BCUT2D eigenvalue weighted by atomic mass is 16.5. The lowest BCUT2D eigenvalue weighted by Crippen LogP contribution is -2.48. The van der Waals surface area contributed by atoms with Gasteiger partial charge in [0.15, 0.2) is 0 Å². The zero-order valence-corrected chi connectivity index (χ0v) is 14.6. The molecule has 1 unspecified atom stereocenters. The van der Waals surface area contributed by atoms with Crippen LogP contribution in [0.5, 0.6) is 0 Å². The van der Waals surface area contributed by atoms with Crippen molar-refractivity contribution in [1.29, 1.82) is 0 Å². The smallest absolute Gasteiger partial charge is 0.0698 e. The Labute approximate surface area is 126 Å². The van der Waals surface area contributed by atoms with E-state index in [0.29, 0.717) is 11.5 Å². The van der Waals surface area contributed by atoms with Gasteiger partial charge in [-0.25, -0.2) is 0 Å². The minimum Gasteiger partial charge on any atom is -0.371 e. The van der Waals surface area contributed by atoms with Gasteiger partial charge < -0.3 is 9.64 Å². The molecule has 20 heavy (non-hydrogen) atoms. The molecule has 1 aliphatic heterocycles. The summed E-state index contributed by atoms with van der Waals surface area (Å²) in [6.45, 7) is 17.5. The van der Waals surface area contributed by atoms with Gasteiger partial charge in [0.1, 0.15) is 0 Å². The van der Waals surface area contributed by atoms with Crippen molar-refractivity contribution in [2.24, 2.45) is 10.8 Å². The van der Waals surface area contributed by atoms with Gasteiger partial charge in [0, 0.05) is 12.0 Å². The highest BCUT2D eigenvalue weighted by Gasteiger charge is 2.55. The van der Waals surface area contributed by atoms with Gasteiger partial charge in [-0.15, -0.1) is 0 Å². The summed E-state index contributed by atoms with van der Waals surface area (Å²) in [6, 6.07) is 0. The van der Waals surface area contributed by atoms with Crippen molar-refractivity contribution in [1.82, 2.24) is 4.90 Å². The molecule has 2 heteroatoms. The number of likely N-dealkylation sites (tertiary alicyclic amines) is 1. The van der Waals surface area contributed by atoms with Crippen LogP contribution in [0.15, 0.2) is 0 Å². The maximum absolute atomic E-state index is 6.54. The van der Waals surface area contributed by atoms with Crippen molar-refractivity contribution in [3.63, 3.8) is 0 Å². The van der Waals surface area contributed by atoms with E-state index in [9.17, 15) is 0 Å². The average molecular weight is 281 g/mol. The second-order valence-corrected chi connectivity index (χ2v) is 9.18. The number of hydrogen-bond donors (Lipinski definition) is 0. The molecule has 2 rings (SSSR count). The molecule has 1 saturated carbocycles. The molecule has 2 fully saturated rings. The molecule has 0 aromatic heterocycles. The van der Waals surface area contributed by atoms with E-state index in [2.05, 4.69) is 46.4 Å². The van der Waals surface area contributed by atoms with Crippen LogP contribution >= 0.6 is 0 Å². The standard InChI is InChI=1S/C18H35NO/c1-16(2,3)15(20-17(4,5)6)18(10-11-18)14-19-12-8-7-9-13-19/h15H,7-14H2,1-6H3. The summed E-state index contributed by atoms with van der Waals surface area (Å²) < 4.78 is 6.54. The Bertz CT molecular complexity index is 313. The Morgan fingerprint density at radius 2 is 1.50 bits per heavy atom. The topological polar surface area (TPSA) is 12.5 Å². The lowest BCUT2D eigenvalue weighted by atomic mass is 9.78. The Kier molecular flexibility index (Phi) is 4.57. The Balaban J connectivity index is 2.07. The molecule has 0 bridgehead atoms. The third-order valence-electron chi connectivity index (χ3n) is 4.69. The van der Waals surface area contributed by atoms with Crippen LogP contribution in [-0.4, -0.2) is 36.2 Å². The first kappa shape index (κ1) is 16.3. The van der Waals surface area contributed by atoms with Crippen molar-refractivity contribution < 1.29 is 4.74 Å². The van der Waals surface area contributed by atoms with Crippen LogP contribution in [0.25, 0.3) is 0 Å². The zero-order valence-electron chi connectivity index (χ0n) is 14.6. The van der Waals surface area contributed by atoms with Crippen molar-refractivity contribution in [3.05, 3.63) is 0 Å². The van der Waals surface area contributed by atoms with Crippen LogP contribution in [-0.2, 0) is 4.74 Å². The van der Waals surface area contributed by atoms with Crippen LogP contribution < -0.4 is 0 Å². The Hall–Kier alpha value is -0.0800. The van der Waals surface area contributed by atoms with E-state index in [-0.39, 0.29) is 11.0 Å². The highest BCUT2D eigenvalue weighted by Crippen LogP contribution is 2.56. The first-order valence-corrected chi connectivity index (χ1v) is 8.53.